The highest BCUT2D eigenvalue weighted by Crippen LogP contribution is 2.26. The molecule has 9 nitrogen and oxygen atoms in total. The van der Waals surface area contributed by atoms with E-state index in [4.69, 9.17) is 13.9 Å². The SMILES string of the molecule is O=C([O-])[C@H]1O[C@@H](Oc2ccc3ccc(=O)oc3c2)[C@H](O)[C@@H](O)[C@@H]1O. The number of fused-ring (bicyclic) bond motifs is 1. The summed E-state index contributed by atoms with van der Waals surface area (Å²) in [7, 11) is 0. The lowest BCUT2D eigenvalue weighted by molar-refractivity contribution is -0.342. The van der Waals surface area contributed by atoms with Crippen LogP contribution in [0.25, 0.3) is 11.0 Å². The summed E-state index contributed by atoms with van der Waals surface area (Å²) in [5.74, 6) is -1.66. The van der Waals surface area contributed by atoms with Crippen LogP contribution in [0.1, 0.15) is 0 Å². The average molecular weight is 337 g/mol. The van der Waals surface area contributed by atoms with E-state index in [0.29, 0.717) is 5.39 Å². The Kier molecular flexibility index (Phi) is 4.24. The number of carboxylic acids is 1. The molecule has 0 bridgehead atoms. The van der Waals surface area contributed by atoms with E-state index in [-0.39, 0.29) is 11.3 Å². The van der Waals surface area contributed by atoms with Gasteiger partial charge < -0.3 is 39.1 Å². The Morgan fingerprint density at radius 1 is 1.08 bits per heavy atom. The summed E-state index contributed by atoms with van der Waals surface area (Å²) in [6.45, 7) is 0. The molecule has 1 aromatic carbocycles. The van der Waals surface area contributed by atoms with Gasteiger partial charge in [0.2, 0.25) is 6.29 Å². The molecule has 0 saturated carbocycles. The molecule has 1 fully saturated rings. The van der Waals surface area contributed by atoms with Crippen molar-refractivity contribution < 1.29 is 39.1 Å². The maximum atomic E-state index is 11.2. The third kappa shape index (κ3) is 2.97. The standard InChI is InChI=1S/C15H14O9/c16-9-4-2-6-1-3-7(5-8(6)23-9)22-15-12(19)10(17)11(18)13(24-15)14(20)21/h1-5,10-13,15,17-19H,(H,20,21)/p-1/t10-,11-,12+,13-,15+/m0/s1. The fourth-order valence-corrected chi connectivity index (χ4v) is 2.39. The minimum absolute atomic E-state index is 0.0987. The van der Waals surface area contributed by atoms with Gasteiger partial charge in [-0.25, -0.2) is 4.79 Å². The minimum atomic E-state index is -1.87. The zero-order chi connectivity index (χ0) is 17.4. The van der Waals surface area contributed by atoms with Gasteiger partial charge in [0.25, 0.3) is 0 Å². The summed E-state index contributed by atoms with van der Waals surface area (Å²) in [4.78, 5) is 22.2. The number of aliphatic hydroxyl groups excluding tert-OH is 3. The maximum absolute atomic E-state index is 11.2. The molecule has 3 N–H and O–H groups in total. The van der Waals surface area contributed by atoms with Crippen LogP contribution in [0.5, 0.6) is 5.75 Å². The van der Waals surface area contributed by atoms with E-state index in [1.807, 2.05) is 0 Å². The molecule has 0 aliphatic carbocycles. The third-order valence-corrected chi connectivity index (χ3v) is 3.65. The van der Waals surface area contributed by atoms with E-state index in [0.717, 1.165) is 0 Å². The van der Waals surface area contributed by atoms with Crippen LogP contribution < -0.4 is 15.5 Å². The number of hydrogen-bond acceptors (Lipinski definition) is 9. The van der Waals surface area contributed by atoms with Gasteiger partial charge in [0.15, 0.2) is 0 Å². The molecule has 1 saturated heterocycles. The first-order valence-corrected chi connectivity index (χ1v) is 6.98. The second-order valence-electron chi connectivity index (χ2n) is 5.29. The molecular weight excluding hydrogens is 324 g/mol. The molecule has 9 heteroatoms. The van der Waals surface area contributed by atoms with Crippen LogP contribution in [0, 0.1) is 0 Å². The second-order valence-corrected chi connectivity index (χ2v) is 5.29. The highest BCUT2D eigenvalue weighted by atomic mass is 16.7. The van der Waals surface area contributed by atoms with Crippen molar-refractivity contribution in [2.75, 3.05) is 0 Å². The van der Waals surface area contributed by atoms with E-state index in [9.17, 15) is 30.0 Å². The van der Waals surface area contributed by atoms with E-state index < -0.39 is 42.3 Å². The Bertz CT molecular complexity index is 814. The van der Waals surface area contributed by atoms with Gasteiger partial charge in [-0.3, -0.25) is 0 Å². The lowest BCUT2D eigenvalue weighted by Gasteiger charge is -2.40. The summed E-state index contributed by atoms with van der Waals surface area (Å²) >= 11 is 0. The Morgan fingerprint density at radius 3 is 2.50 bits per heavy atom. The van der Waals surface area contributed by atoms with Crippen molar-refractivity contribution in [2.24, 2.45) is 0 Å². The zero-order valence-corrected chi connectivity index (χ0v) is 12.1. The van der Waals surface area contributed by atoms with Crippen LogP contribution in [-0.4, -0.2) is 52.0 Å². The van der Waals surface area contributed by atoms with Crippen LogP contribution in [0.2, 0.25) is 0 Å². The molecule has 128 valence electrons. The molecule has 5 atom stereocenters. The number of carbonyl (C=O) groups is 1. The Morgan fingerprint density at radius 2 is 1.79 bits per heavy atom. The number of aliphatic carboxylic acids is 1. The molecule has 3 rings (SSSR count). The Hall–Kier alpha value is -2.46. The van der Waals surface area contributed by atoms with Gasteiger partial charge >= 0.3 is 5.63 Å². The maximum Gasteiger partial charge on any atom is 0.336 e. The fourth-order valence-electron chi connectivity index (χ4n) is 2.39. The Labute approximate surface area is 134 Å². The monoisotopic (exact) mass is 337 g/mol. The van der Waals surface area contributed by atoms with Gasteiger partial charge in [-0.1, -0.05) is 0 Å². The number of hydrogen-bond donors (Lipinski definition) is 3. The van der Waals surface area contributed by atoms with Crippen molar-refractivity contribution in [1.82, 2.24) is 0 Å². The summed E-state index contributed by atoms with van der Waals surface area (Å²) in [6, 6.07) is 7.19. The summed E-state index contributed by atoms with van der Waals surface area (Å²) in [6.07, 6.45) is -8.80. The van der Waals surface area contributed by atoms with Gasteiger partial charge in [0.05, 0.1) is 5.97 Å². The molecular formula is C15H13O9-. The van der Waals surface area contributed by atoms with Crippen molar-refractivity contribution >= 4 is 16.9 Å². The van der Waals surface area contributed by atoms with Crippen LogP contribution in [0.4, 0.5) is 0 Å². The number of aliphatic hydroxyl groups is 3. The lowest BCUT2D eigenvalue weighted by Crippen LogP contribution is -2.63. The largest absolute Gasteiger partial charge is 0.547 e. The zero-order valence-electron chi connectivity index (χ0n) is 12.1. The number of carboxylic acid groups (broad SMARTS) is 1. The molecule has 2 aromatic rings. The second kappa shape index (κ2) is 6.21. The first-order valence-electron chi connectivity index (χ1n) is 6.98. The summed E-state index contributed by atoms with van der Waals surface area (Å²) in [5, 5.41) is 40.7. The van der Waals surface area contributed by atoms with E-state index in [1.54, 1.807) is 12.1 Å². The quantitative estimate of drug-likeness (QED) is 0.527. The van der Waals surface area contributed by atoms with Crippen LogP contribution >= 0.6 is 0 Å². The first kappa shape index (κ1) is 16.4. The molecule has 0 amide bonds. The predicted molar refractivity (Wildman–Crippen MR) is 74.8 cm³/mol. The molecule has 0 unspecified atom stereocenters. The molecule has 24 heavy (non-hydrogen) atoms. The molecule has 1 aliphatic rings. The summed E-state index contributed by atoms with van der Waals surface area (Å²) in [5.41, 5.74) is -0.355. The van der Waals surface area contributed by atoms with Gasteiger partial charge in [-0.15, -0.1) is 0 Å². The van der Waals surface area contributed by atoms with Crippen LogP contribution in [0.3, 0.4) is 0 Å². The Balaban J connectivity index is 1.86. The number of rotatable bonds is 3. The van der Waals surface area contributed by atoms with E-state index in [2.05, 4.69) is 0 Å². The van der Waals surface area contributed by atoms with E-state index >= 15 is 0 Å². The van der Waals surface area contributed by atoms with Gasteiger partial charge in [-0.05, 0) is 18.2 Å². The minimum Gasteiger partial charge on any atom is -0.547 e. The fraction of sp³-hybridized carbons (Fsp3) is 0.333. The molecule has 1 aromatic heterocycles. The van der Waals surface area contributed by atoms with Gasteiger partial charge in [0, 0.05) is 17.5 Å². The predicted octanol–water partition coefficient (Wildman–Crippen LogP) is -2.27. The highest BCUT2D eigenvalue weighted by Gasteiger charge is 2.45. The van der Waals surface area contributed by atoms with Crippen molar-refractivity contribution in [2.45, 2.75) is 30.7 Å². The summed E-state index contributed by atoms with van der Waals surface area (Å²) < 4.78 is 15.2. The molecule has 2 heterocycles. The number of carbonyl (C=O) groups excluding carboxylic acids is 1. The lowest BCUT2D eigenvalue weighted by atomic mass is 9.99. The first-order chi connectivity index (χ1) is 11.4. The number of benzene rings is 1. The highest BCUT2D eigenvalue weighted by molar-refractivity contribution is 5.77. The van der Waals surface area contributed by atoms with Crippen LogP contribution in [-0.2, 0) is 9.53 Å². The average Bonchev–Trinajstić information content (AvgIpc) is 2.54. The van der Waals surface area contributed by atoms with Crippen molar-refractivity contribution in [3.63, 3.8) is 0 Å². The number of ether oxygens (including phenoxy) is 2. The smallest absolute Gasteiger partial charge is 0.336 e. The van der Waals surface area contributed by atoms with Crippen molar-refractivity contribution in [3.8, 4) is 5.75 Å². The normalized spacial score (nSPS) is 30.2. The van der Waals surface area contributed by atoms with Crippen LogP contribution in [0.15, 0.2) is 39.5 Å². The van der Waals surface area contributed by atoms with Gasteiger partial charge in [0.1, 0.15) is 35.7 Å². The van der Waals surface area contributed by atoms with Crippen molar-refractivity contribution in [3.05, 3.63) is 40.8 Å². The van der Waals surface area contributed by atoms with Gasteiger partial charge in [-0.2, -0.15) is 0 Å². The third-order valence-electron chi connectivity index (χ3n) is 3.65. The molecule has 0 spiro atoms. The molecule has 0 radical (unpaired) electrons. The molecule has 1 aliphatic heterocycles. The topological polar surface area (TPSA) is 149 Å². The van der Waals surface area contributed by atoms with Crippen molar-refractivity contribution in [1.29, 1.82) is 0 Å². The van der Waals surface area contributed by atoms with E-state index in [1.165, 1.54) is 18.2 Å².